The summed E-state index contributed by atoms with van der Waals surface area (Å²) in [6, 6.07) is 3.55. The number of benzene rings is 1. The van der Waals surface area contributed by atoms with Crippen LogP contribution in [0.25, 0.3) is 0 Å². The maximum Gasteiger partial charge on any atom is 0.164 e. The number of nitrogens with two attached hydrogens (primary N) is 1. The Bertz CT molecular complexity index is 404. The Morgan fingerprint density at radius 3 is 2.17 bits per heavy atom. The summed E-state index contributed by atoms with van der Waals surface area (Å²) in [5, 5.41) is 0. The zero-order chi connectivity index (χ0) is 13.5. The van der Waals surface area contributed by atoms with Crippen molar-refractivity contribution >= 4 is 0 Å². The molecule has 0 aliphatic heterocycles. The summed E-state index contributed by atoms with van der Waals surface area (Å²) in [7, 11) is 4.81. The molecule has 18 heavy (non-hydrogen) atoms. The Labute approximate surface area is 108 Å². The second-order valence-electron chi connectivity index (χ2n) is 3.92. The second kappa shape index (κ2) is 6.91. The van der Waals surface area contributed by atoms with Crippen LogP contribution in [0.15, 0.2) is 24.8 Å². The van der Waals surface area contributed by atoms with Gasteiger partial charge in [0.15, 0.2) is 11.5 Å². The van der Waals surface area contributed by atoms with Gasteiger partial charge in [0.1, 0.15) is 5.75 Å². The van der Waals surface area contributed by atoms with Crippen molar-refractivity contribution in [2.75, 3.05) is 21.3 Å². The van der Waals surface area contributed by atoms with Gasteiger partial charge in [0.05, 0.1) is 21.3 Å². The first-order valence-electron chi connectivity index (χ1n) is 5.84. The van der Waals surface area contributed by atoms with E-state index in [4.69, 9.17) is 19.9 Å². The predicted molar refractivity (Wildman–Crippen MR) is 72.5 cm³/mol. The first-order valence-corrected chi connectivity index (χ1v) is 5.84. The van der Waals surface area contributed by atoms with E-state index in [1.807, 2.05) is 12.1 Å². The molecule has 0 bridgehead atoms. The third-order valence-corrected chi connectivity index (χ3v) is 2.82. The molecule has 0 amide bonds. The fourth-order valence-corrected chi connectivity index (χ4v) is 1.80. The van der Waals surface area contributed by atoms with E-state index in [1.54, 1.807) is 27.4 Å². The van der Waals surface area contributed by atoms with E-state index in [9.17, 15) is 0 Å². The van der Waals surface area contributed by atoms with E-state index in [0.717, 1.165) is 18.4 Å². The highest BCUT2D eigenvalue weighted by Crippen LogP contribution is 2.37. The number of ether oxygens (including phenoxy) is 3. The molecule has 1 aromatic rings. The van der Waals surface area contributed by atoms with E-state index in [0.29, 0.717) is 17.2 Å². The van der Waals surface area contributed by atoms with Crippen molar-refractivity contribution in [2.24, 2.45) is 5.73 Å². The normalized spacial score (nSPS) is 11.8. The van der Waals surface area contributed by atoms with Crippen molar-refractivity contribution in [1.29, 1.82) is 0 Å². The van der Waals surface area contributed by atoms with Gasteiger partial charge in [-0.15, -0.1) is 6.58 Å². The fraction of sp³-hybridized carbons (Fsp3) is 0.429. The van der Waals surface area contributed by atoms with E-state index in [-0.39, 0.29) is 6.04 Å². The van der Waals surface area contributed by atoms with Crippen LogP contribution >= 0.6 is 0 Å². The summed E-state index contributed by atoms with van der Waals surface area (Å²) in [5.41, 5.74) is 7.06. The molecule has 0 heterocycles. The smallest absolute Gasteiger partial charge is 0.164 e. The van der Waals surface area contributed by atoms with Gasteiger partial charge in [0.2, 0.25) is 0 Å². The first kappa shape index (κ1) is 14.4. The zero-order valence-corrected chi connectivity index (χ0v) is 11.2. The molecule has 0 fully saturated rings. The Kier molecular flexibility index (Phi) is 5.52. The summed E-state index contributed by atoms with van der Waals surface area (Å²) < 4.78 is 15.9. The molecule has 1 aromatic carbocycles. The van der Waals surface area contributed by atoms with E-state index in [1.165, 1.54) is 0 Å². The van der Waals surface area contributed by atoms with Crippen molar-refractivity contribution in [3.8, 4) is 17.2 Å². The van der Waals surface area contributed by atoms with Crippen molar-refractivity contribution in [3.05, 3.63) is 30.4 Å². The van der Waals surface area contributed by atoms with Crippen LogP contribution in [-0.4, -0.2) is 21.3 Å². The Morgan fingerprint density at radius 1 is 1.11 bits per heavy atom. The lowest BCUT2D eigenvalue weighted by molar-refractivity contribution is 0.346. The van der Waals surface area contributed by atoms with Gasteiger partial charge in [-0.2, -0.15) is 0 Å². The largest absolute Gasteiger partial charge is 0.496 e. The molecule has 0 saturated heterocycles. The number of methoxy groups -OCH3 is 3. The highest BCUT2D eigenvalue weighted by Gasteiger charge is 2.16. The van der Waals surface area contributed by atoms with Gasteiger partial charge in [-0.1, -0.05) is 6.08 Å². The molecule has 0 aliphatic carbocycles. The van der Waals surface area contributed by atoms with Crippen LogP contribution in [0.5, 0.6) is 17.2 Å². The van der Waals surface area contributed by atoms with Crippen LogP contribution in [0.1, 0.15) is 24.4 Å². The van der Waals surface area contributed by atoms with E-state index < -0.39 is 0 Å². The van der Waals surface area contributed by atoms with Gasteiger partial charge in [0.25, 0.3) is 0 Å². The Balaban J connectivity index is 3.11. The van der Waals surface area contributed by atoms with Gasteiger partial charge in [-0.25, -0.2) is 0 Å². The number of hydrogen-bond donors (Lipinski definition) is 1. The van der Waals surface area contributed by atoms with Crippen molar-refractivity contribution in [2.45, 2.75) is 18.9 Å². The molecule has 2 N–H and O–H groups in total. The van der Waals surface area contributed by atoms with Crippen molar-refractivity contribution < 1.29 is 14.2 Å². The molecule has 0 radical (unpaired) electrons. The highest BCUT2D eigenvalue weighted by molar-refractivity contribution is 5.51. The molecule has 4 nitrogen and oxygen atoms in total. The van der Waals surface area contributed by atoms with E-state index in [2.05, 4.69) is 6.58 Å². The minimum atomic E-state index is -0.113. The molecule has 1 atom stereocenters. The molecule has 0 aromatic heterocycles. The average Bonchev–Trinajstić information content (AvgIpc) is 2.42. The minimum Gasteiger partial charge on any atom is -0.496 e. The molecule has 100 valence electrons. The maximum atomic E-state index is 6.15. The molecule has 0 saturated carbocycles. The maximum absolute atomic E-state index is 6.15. The second-order valence-corrected chi connectivity index (χ2v) is 3.92. The standard InChI is InChI=1S/C14H21NO3/c1-5-6-7-11(15)10-8-13(17-3)14(18-4)9-12(10)16-2/h5,8-9,11H,1,6-7,15H2,2-4H3. The van der Waals surface area contributed by atoms with E-state index >= 15 is 0 Å². The van der Waals surface area contributed by atoms with Crippen LogP contribution < -0.4 is 19.9 Å². The monoisotopic (exact) mass is 251 g/mol. The summed E-state index contributed by atoms with van der Waals surface area (Å²) in [6.45, 7) is 3.70. The fourth-order valence-electron chi connectivity index (χ4n) is 1.80. The molecular weight excluding hydrogens is 230 g/mol. The number of hydrogen-bond acceptors (Lipinski definition) is 4. The average molecular weight is 251 g/mol. The van der Waals surface area contributed by atoms with Crippen LogP contribution in [0.2, 0.25) is 0 Å². The molecule has 0 aliphatic rings. The predicted octanol–water partition coefficient (Wildman–Crippen LogP) is 2.68. The summed E-state index contributed by atoms with van der Waals surface area (Å²) in [6.07, 6.45) is 3.53. The van der Waals surface area contributed by atoms with Crippen LogP contribution in [0.4, 0.5) is 0 Å². The molecule has 1 rings (SSSR count). The third-order valence-electron chi connectivity index (χ3n) is 2.82. The highest BCUT2D eigenvalue weighted by atomic mass is 16.5. The molecule has 0 spiro atoms. The summed E-state index contributed by atoms with van der Waals surface area (Å²) in [4.78, 5) is 0. The summed E-state index contributed by atoms with van der Waals surface area (Å²) >= 11 is 0. The Morgan fingerprint density at radius 2 is 1.67 bits per heavy atom. The minimum absolute atomic E-state index is 0.113. The van der Waals surface area contributed by atoms with Gasteiger partial charge < -0.3 is 19.9 Å². The van der Waals surface area contributed by atoms with Gasteiger partial charge in [-0.05, 0) is 18.9 Å². The SMILES string of the molecule is C=CCCC(N)c1cc(OC)c(OC)cc1OC. The number of rotatable bonds is 7. The zero-order valence-electron chi connectivity index (χ0n) is 11.2. The van der Waals surface area contributed by atoms with Crippen molar-refractivity contribution in [1.82, 2.24) is 0 Å². The molecule has 4 heteroatoms. The lowest BCUT2D eigenvalue weighted by Gasteiger charge is -2.18. The molecular formula is C14H21NO3. The topological polar surface area (TPSA) is 53.7 Å². The van der Waals surface area contributed by atoms with Crippen LogP contribution in [0.3, 0.4) is 0 Å². The van der Waals surface area contributed by atoms with Crippen LogP contribution in [-0.2, 0) is 0 Å². The first-order chi connectivity index (χ1) is 8.67. The Hall–Kier alpha value is -1.68. The third kappa shape index (κ3) is 3.17. The van der Waals surface area contributed by atoms with Gasteiger partial charge in [-0.3, -0.25) is 0 Å². The van der Waals surface area contributed by atoms with Crippen LogP contribution in [0, 0.1) is 0 Å². The van der Waals surface area contributed by atoms with Gasteiger partial charge in [0, 0.05) is 17.7 Å². The number of allylic oxidation sites excluding steroid dienone is 1. The van der Waals surface area contributed by atoms with Gasteiger partial charge >= 0.3 is 0 Å². The quantitative estimate of drug-likeness (QED) is 0.757. The van der Waals surface area contributed by atoms with Crippen molar-refractivity contribution in [3.63, 3.8) is 0 Å². The molecule has 1 unspecified atom stereocenters. The lowest BCUT2D eigenvalue weighted by atomic mass is 10.0. The lowest BCUT2D eigenvalue weighted by Crippen LogP contribution is -2.11. The summed E-state index contributed by atoms with van der Waals surface area (Å²) in [5.74, 6) is 2.00.